The number of carbonyl (C=O) groups excluding carboxylic acids is 2. The number of amides is 2. The molecule has 3 fully saturated rings. The second-order valence-corrected chi connectivity index (χ2v) is 6.63. The van der Waals surface area contributed by atoms with Gasteiger partial charge in [0.15, 0.2) is 0 Å². The molecule has 7 heteroatoms. The fourth-order valence-corrected chi connectivity index (χ4v) is 3.35. The maximum Gasteiger partial charge on any atom is 0.225 e. The molecule has 0 atom stereocenters. The Morgan fingerprint density at radius 3 is 2.73 bits per heavy atom. The smallest absolute Gasteiger partial charge is 0.225 e. The second-order valence-electron chi connectivity index (χ2n) is 6.63. The molecular formula is C15H21N5O2. The molecule has 0 aromatic carbocycles. The number of nitrogens with zero attached hydrogens (tertiary/aromatic N) is 5. The van der Waals surface area contributed by atoms with E-state index in [9.17, 15) is 9.59 Å². The standard InChI is InChI=1S/C15H21N5O2/c21-14-5-2-6-18(14)7-12-8-20(17-16-12)13-9-19(10-13)15(22)11-3-1-4-11/h8,11,13H,1-7,9-10H2. The van der Waals surface area contributed by atoms with E-state index < -0.39 is 0 Å². The molecule has 1 aromatic heterocycles. The Morgan fingerprint density at radius 2 is 2.09 bits per heavy atom. The zero-order valence-corrected chi connectivity index (χ0v) is 12.6. The van der Waals surface area contributed by atoms with Crippen LogP contribution in [0.5, 0.6) is 0 Å². The van der Waals surface area contributed by atoms with Gasteiger partial charge in [0, 0.05) is 32.0 Å². The zero-order chi connectivity index (χ0) is 15.1. The molecule has 118 valence electrons. The largest absolute Gasteiger partial charge is 0.338 e. The first-order chi connectivity index (χ1) is 10.7. The van der Waals surface area contributed by atoms with Crippen LogP contribution in [-0.2, 0) is 16.1 Å². The SMILES string of the molecule is O=C1CCCN1Cc1cn(C2CN(C(=O)C3CCC3)C2)nn1. The van der Waals surface area contributed by atoms with Gasteiger partial charge >= 0.3 is 0 Å². The van der Waals surface area contributed by atoms with E-state index in [2.05, 4.69) is 10.3 Å². The van der Waals surface area contributed by atoms with Gasteiger partial charge < -0.3 is 9.80 Å². The molecule has 4 rings (SSSR count). The molecule has 7 nitrogen and oxygen atoms in total. The minimum atomic E-state index is 0.204. The van der Waals surface area contributed by atoms with Crippen molar-refractivity contribution in [3.05, 3.63) is 11.9 Å². The summed E-state index contributed by atoms with van der Waals surface area (Å²) in [7, 11) is 0. The van der Waals surface area contributed by atoms with Crippen molar-refractivity contribution in [3.8, 4) is 0 Å². The highest BCUT2D eigenvalue weighted by atomic mass is 16.2. The number of aromatic nitrogens is 3. The molecule has 1 saturated carbocycles. The molecule has 0 bridgehead atoms. The third kappa shape index (κ3) is 2.38. The van der Waals surface area contributed by atoms with Gasteiger partial charge in [-0.15, -0.1) is 5.10 Å². The summed E-state index contributed by atoms with van der Waals surface area (Å²) in [5.74, 6) is 0.786. The summed E-state index contributed by atoms with van der Waals surface area (Å²) in [4.78, 5) is 27.5. The molecule has 3 heterocycles. The third-order valence-electron chi connectivity index (χ3n) is 5.08. The Labute approximate surface area is 129 Å². The molecule has 0 radical (unpaired) electrons. The van der Waals surface area contributed by atoms with Crippen molar-refractivity contribution in [1.29, 1.82) is 0 Å². The van der Waals surface area contributed by atoms with Crippen LogP contribution in [0.25, 0.3) is 0 Å². The maximum atomic E-state index is 12.1. The van der Waals surface area contributed by atoms with Crippen LogP contribution in [0.1, 0.15) is 43.8 Å². The Morgan fingerprint density at radius 1 is 1.27 bits per heavy atom. The maximum absolute atomic E-state index is 12.1. The van der Waals surface area contributed by atoms with Crippen LogP contribution in [0, 0.1) is 5.92 Å². The van der Waals surface area contributed by atoms with Crippen LogP contribution in [-0.4, -0.2) is 56.2 Å². The molecule has 0 unspecified atom stereocenters. The average molecular weight is 303 g/mol. The van der Waals surface area contributed by atoms with Gasteiger partial charge in [-0.25, -0.2) is 4.68 Å². The van der Waals surface area contributed by atoms with Crippen LogP contribution in [0.2, 0.25) is 0 Å². The molecule has 1 aromatic rings. The molecule has 2 amide bonds. The second kappa shape index (κ2) is 5.37. The Balaban J connectivity index is 1.31. The van der Waals surface area contributed by atoms with Crippen molar-refractivity contribution in [2.75, 3.05) is 19.6 Å². The fourth-order valence-electron chi connectivity index (χ4n) is 3.35. The summed E-state index contributed by atoms with van der Waals surface area (Å²) in [6, 6.07) is 0.236. The average Bonchev–Trinajstić information content (AvgIpc) is 2.97. The molecule has 1 aliphatic carbocycles. The van der Waals surface area contributed by atoms with Gasteiger partial charge in [0.1, 0.15) is 5.69 Å². The van der Waals surface area contributed by atoms with Crippen LogP contribution in [0.15, 0.2) is 6.20 Å². The number of likely N-dealkylation sites (tertiary alicyclic amines) is 2. The molecule has 22 heavy (non-hydrogen) atoms. The van der Waals surface area contributed by atoms with Crippen molar-refractivity contribution >= 4 is 11.8 Å². The van der Waals surface area contributed by atoms with Gasteiger partial charge in [-0.3, -0.25) is 9.59 Å². The van der Waals surface area contributed by atoms with Crippen LogP contribution in [0.4, 0.5) is 0 Å². The summed E-state index contributed by atoms with van der Waals surface area (Å²) >= 11 is 0. The zero-order valence-electron chi connectivity index (χ0n) is 12.6. The molecule has 0 N–H and O–H groups in total. The van der Waals surface area contributed by atoms with Gasteiger partial charge in [-0.1, -0.05) is 11.6 Å². The molecule has 0 spiro atoms. The summed E-state index contributed by atoms with van der Waals surface area (Å²) in [5, 5.41) is 8.33. The highest BCUT2D eigenvalue weighted by Crippen LogP contribution is 2.31. The molecule has 2 aliphatic heterocycles. The normalized spacial score (nSPS) is 22.8. The summed E-state index contributed by atoms with van der Waals surface area (Å²) < 4.78 is 1.85. The van der Waals surface area contributed by atoms with E-state index >= 15 is 0 Å². The number of carbonyl (C=O) groups is 2. The van der Waals surface area contributed by atoms with Crippen LogP contribution in [0.3, 0.4) is 0 Å². The predicted octanol–water partition coefficient (Wildman–Crippen LogP) is 0.584. The lowest BCUT2D eigenvalue weighted by Gasteiger charge is -2.42. The van der Waals surface area contributed by atoms with Crippen molar-refractivity contribution in [2.24, 2.45) is 5.92 Å². The number of hydrogen-bond donors (Lipinski definition) is 0. The monoisotopic (exact) mass is 303 g/mol. The Kier molecular flexibility index (Phi) is 3.35. The van der Waals surface area contributed by atoms with E-state index in [0.29, 0.717) is 18.9 Å². The first-order valence-corrected chi connectivity index (χ1v) is 8.18. The lowest BCUT2D eigenvalue weighted by atomic mass is 9.83. The third-order valence-corrected chi connectivity index (χ3v) is 5.08. The summed E-state index contributed by atoms with van der Waals surface area (Å²) in [5.41, 5.74) is 0.832. The number of rotatable bonds is 4. The highest BCUT2D eigenvalue weighted by molar-refractivity contribution is 5.80. The minimum absolute atomic E-state index is 0.204. The van der Waals surface area contributed by atoms with Crippen molar-refractivity contribution < 1.29 is 9.59 Å². The molecule has 3 aliphatic rings. The van der Waals surface area contributed by atoms with E-state index in [1.54, 1.807) is 0 Å². The first kappa shape index (κ1) is 13.7. The lowest BCUT2D eigenvalue weighted by molar-refractivity contribution is -0.144. The summed E-state index contributed by atoms with van der Waals surface area (Å²) in [6.45, 7) is 2.84. The highest BCUT2D eigenvalue weighted by Gasteiger charge is 2.37. The van der Waals surface area contributed by atoms with E-state index in [0.717, 1.165) is 44.6 Å². The minimum Gasteiger partial charge on any atom is -0.338 e. The molecular weight excluding hydrogens is 282 g/mol. The van der Waals surface area contributed by atoms with Crippen molar-refractivity contribution in [1.82, 2.24) is 24.8 Å². The van der Waals surface area contributed by atoms with E-state index in [1.807, 2.05) is 20.7 Å². The van der Waals surface area contributed by atoms with E-state index in [1.165, 1.54) is 6.42 Å². The van der Waals surface area contributed by atoms with E-state index in [-0.39, 0.29) is 17.9 Å². The van der Waals surface area contributed by atoms with E-state index in [4.69, 9.17) is 0 Å². The molecule has 2 saturated heterocycles. The summed E-state index contributed by atoms with van der Waals surface area (Å²) in [6.07, 6.45) is 6.80. The van der Waals surface area contributed by atoms with Gasteiger partial charge in [-0.05, 0) is 19.3 Å². The van der Waals surface area contributed by atoms with Gasteiger partial charge in [0.05, 0.1) is 18.8 Å². The quantitative estimate of drug-likeness (QED) is 0.816. The fraction of sp³-hybridized carbons (Fsp3) is 0.733. The van der Waals surface area contributed by atoms with Crippen LogP contribution < -0.4 is 0 Å². The Hall–Kier alpha value is -1.92. The Bertz CT molecular complexity index is 589. The lowest BCUT2D eigenvalue weighted by Crippen LogP contribution is -2.53. The van der Waals surface area contributed by atoms with Gasteiger partial charge in [0.25, 0.3) is 0 Å². The van der Waals surface area contributed by atoms with Gasteiger partial charge in [-0.2, -0.15) is 0 Å². The van der Waals surface area contributed by atoms with Crippen LogP contribution >= 0.6 is 0 Å². The topological polar surface area (TPSA) is 71.3 Å². The van der Waals surface area contributed by atoms with Crippen molar-refractivity contribution in [3.63, 3.8) is 0 Å². The first-order valence-electron chi connectivity index (χ1n) is 8.18. The van der Waals surface area contributed by atoms with Crippen molar-refractivity contribution in [2.45, 2.75) is 44.7 Å². The number of hydrogen-bond acceptors (Lipinski definition) is 4. The van der Waals surface area contributed by atoms with Gasteiger partial charge in [0.2, 0.25) is 11.8 Å². The predicted molar refractivity (Wildman–Crippen MR) is 77.6 cm³/mol.